The van der Waals surface area contributed by atoms with Gasteiger partial charge in [-0.2, -0.15) is 0 Å². The van der Waals surface area contributed by atoms with Crippen molar-refractivity contribution in [3.63, 3.8) is 0 Å². The van der Waals surface area contributed by atoms with E-state index in [-0.39, 0.29) is 6.04 Å². The monoisotopic (exact) mass is 279 g/mol. The van der Waals surface area contributed by atoms with Crippen molar-refractivity contribution in [2.24, 2.45) is 0 Å². The van der Waals surface area contributed by atoms with Gasteiger partial charge >= 0.3 is 0 Å². The van der Waals surface area contributed by atoms with Crippen molar-refractivity contribution < 1.29 is 4.42 Å². The van der Waals surface area contributed by atoms with Crippen molar-refractivity contribution in [1.29, 1.82) is 0 Å². The van der Waals surface area contributed by atoms with Crippen LogP contribution in [0.2, 0.25) is 0 Å². The molecule has 0 radical (unpaired) electrons. The normalized spacial score (nSPS) is 12.7. The summed E-state index contributed by atoms with van der Waals surface area (Å²) in [6.45, 7) is 4.27. The molecule has 0 fully saturated rings. The van der Waals surface area contributed by atoms with Crippen LogP contribution in [0.15, 0.2) is 52.9 Å². The van der Waals surface area contributed by atoms with Gasteiger partial charge in [0, 0.05) is 6.42 Å². The average molecular weight is 279 g/mol. The molecule has 2 aromatic carbocycles. The van der Waals surface area contributed by atoms with E-state index < -0.39 is 0 Å². The van der Waals surface area contributed by atoms with Crippen LogP contribution in [0, 0.1) is 6.92 Å². The summed E-state index contributed by atoms with van der Waals surface area (Å²) in [4.78, 5) is 0. The van der Waals surface area contributed by atoms with Crippen LogP contribution in [-0.4, -0.2) is 7.05 Å². The first kappa shape index (κ1) is 13.9. The van der Waals surface area contributed by atoms with Gasteiger partial charge in [0.2, 0.25) is 0 Å². The molecule has 1 unspecified atom stereocenters. The number of benzene rings is 2. The Morgan fingerprint density at radius 1 is 1.05 bits per heavy atom. The molecule has 2 heteroatoms. The average Bonchev–Trinajstić information content (AvgIpc) is 2.99. The number of fused-ring (bicyclic) bond motifs is 1. The number of rotatable bonds is 4. The van der Waals surface area contributed by atoms with E-state index in [1.165, 1.54) is 21.9 Å². The number of hydrogen-bond acceptors (Lipinski definition) is 2. The zero-order chi connectivity index (χ0) is 14.8. The van der Waals surface area contributed by atoms with Gasteiger partial charge in [-0.1, -0.05) is 43.3 Å². The highest BCUT2D eigenvalue weighted by Gasteiger charge is 2.20. The first-order chi connectivity index (χ1) is 10.2. The Bertz CT molecular complexity index is 757. The first-order valence-electron chi connectivity index (χ1n) is 7.48. The SMILES string of the molecule is CCc1ccc(C(NC)c2c(C)ccc3ccccc23)o1. The molecule has 0 aliphatic rings. The Labute approximate surface area is 125 Å². The van der Waals surface area contributed by atoms with Crippen LogP contribution in [0.5, 0.6) is 0 Å². The van der Waals surface area contributed by atoms with E-state index in [2.05, 4.69) is 67.7 Å². The lowest BCUT2D eigenvalue weighted by Crippen LogP contribution is -2.18. The Balaban J connectivity index is 2.18. The largest absolute Gasteiger partial charge is 0.464 e. The van der Waals surface area contributed by atoms with E-state index in [1.807, 2.05) is 7.05 Å². The van der Waals surface area contributed by atoms with Crippen LogP contribution in [0.25, 0.3) is 10.8 Å². The summed E-state index contributed by atoms with van der Waals surface area (Å²) in [5, 5.41) is 5.96. The predicted octanol–water partition coefficient (Wildman–Crippen LogP) is 4.61. The molecule has 0 aliphatic carbocycles. The van der Waals surface area contributed by atoms with Crippen molar-refractivity contribution >= 4 is 10.8 Å². The van der Waals surface area contributed by atoms with Gasteiger partial charge < -0.3 is 9.73 Å². The molecule has 0 aliphatic heterocycles. The molecule has 1 N–H and O–H groups in total. The van der Waals surface area contributed by atoms with Gasteiger partial charge in [-0.15, -0.1) is 0 Å². The Hall–Kier alpha value is -2.06. The standard InChI is InChI=1S/C19H21NO/c1-4-15-11-12-17(21-15)19(20-3)18-13(2)9-10-14-7-5-6-8-16(14)18/h5-12,19-20H,4H2,1-3H3. The second-order valence-corrected chi connectivity index (χ2v) is 5.40. The van der Waals surface area contributed by atoms with E-state index in [9.17, 15) is 0 Å². The summed E-state index contributed by atoms with van der Waals surface area (Å²) in [6.07, 6.45) is 0.922. The van der Waals surface area contributed by atoms with Gasteiger partial charge in [0.05, 0.1) is 6.04 Å². The van der Waals surface area contributed by atoms with Crippen molar-refractivity contribution in [2.75, 3.05) is 7.05 Å². The molecule has 0 bridgehead atoms. The van der Waals surface area contributed by atoms with Gasteiger partial charge in [0.25, 0.3) is 0 Å². The molecule has 0 spiro atoms. The second-order valence-electron chi connectivity index (χ2n) is 5.40. The highest BCUT2D eigenvalue weighted by Crippen LogP contribution is 2.32. The van der Waals surface area contributed by atoms with E-state index in [4.69, 9.17) is 4.42 Å². The minimum absolute atomic E-state index is 0.0800. The van der Waals surface area contributed by atoms with Crippen LogP contribution in [0.4, 0.5) is 0 Å². The Morgan fingerprint density at radius 3 is 2.57 bits per heavy atom. The topological polar surface area (TPSA) is 25.2 Å². The molecular formula is C19H21NO. The molecular weight excluding hydrogens is 258 g/mol. The fourth-order valence-electron chi connectivity index (χ4n) is 2.96. The van der Waals surface area contributed by atoms with E-state index in [1.54, 1.807) is 0 Å². The highest BCUT2D eigenvalue weighted by atomic mass is 16.3. The zero-order valence-corrected chi connectivity index (χ0v) is 12.8. The molecule has 108 valence electrons. The van der Waals surface area contributed by atoms with Gasteiger partial charge in [-0.25, -0.2) is 0 Å². The van der Waals surface area contributed by atoms with Crippen molar-refractivity contribution in [1.82, 2.24) is 5.32 Å². The lowest BCUT2D eigenvalue weighted by Gasteiger charge is -2.19. The van der Waals surface area contributed by atoms with Crippen LogP contribution < -0.4 is 5.32 Å². The third-order valence-corrected chi connectivity index (χ3v) is 4.08. The van der Waals surface area contributed by atoms with E-state index >= 15 is 0 Å². The van der Waals surface area contributed by atoms with Crippen LogP contribution in [0.1, 0.15) is 35.6 Å². The van der Waals surface area contributed by atoms with Gasteiger partial charge in [0.1, 0.15) is 11.5 Å². The molecule has 0 saturated heterocycles. The van der Waals surface area contributed by atoms with Crippen molar-refractivity contribution in [3.8, 4) is 0 Å². The summed E-state index contributed by atoms with van der Waals surface area (Å²) < 4.78 is 5.98. The summed E-state index contributed by atoms with van der Waals surface area (Å²) >= 11 is 0. The molecule has 3 rings (SSSR count). The maximum absolute atomic E-state index is 5.98. The Kier molecular flexibility index (Phi) is 3.80. The van der Waals surface area contributed by atoms with E-state index in [0.29, 0.717) is 0 Å². The molecule has 3 aromatic rings. The molecule has 0 saturated carbocycles. The fraction of sp³-hybridized carbons (Fsp3) is 0.263. The lowest BCUT2D eigenvalue weighted by molar-refractivity contribution is 0.434. The molecule has 0 amide bonds. The minimum atomic E-state index is 0.0800. The van der Waals surface area contributed by atoms with Crippen molar-refractivity contribution in [2.45, 2.75) is 26.3 Å². The van der Waals surface area contributed by atoms with Crippen LogP contribution in [-0.2, 0) is 6.42 Å². The van der Waals surface area contributed by atoms with Gasteiger partial charge in [-0.05, 0) is 48.0 Å². The molecule has 1 atom stereocenters. The summed E-state index contributed by atoms with van der Waals surface area (Å²) in [5.41, 5.74) is 2.58. The van der Waals surface area contributed by atoms with Crippen molar-refractivity contribution in [3.05, 3.63) is 71.2 Å². The quantitative estimate of drug-likeness (QED) is 0.754. The Morgan fingerprint density at radius 2 is 1.86 bits per heavy atom. The highest BCUT2D eigenvalue weighted by molar-refractivity contribution is 5.87. The van der Waals surface area contributed by atoms with Gasteiger partial charge in [0.15, 0.2) is 0 Å². The minimum Gasteiger partial charge on any atom is -0.464 e. The summed E-state index contributed by atoms with van der Waals surface area (Å²) in [7, 11) is 1.99. The van der Waals surface area contributed by atoms with E-state index in [0.717, 1.165) is 17.9 Å². The molecule has 21 heavy (non-hydrogen) atoms. The molecule has 1 aromatic heterocycles. The maximum Gasteiger partial charge on any atom is 0.125 e. The summed E-state index contributed by atoms with van der Waals surface area (Å²) in [5.74, 6) is 2.01. The second kappa shape index (κ2) is 5.74. The number of aryl methyl sites for hydroxylation is 2. The zero-order valence-electron chi connectivity index (χ0n) is 12.8. The molecule has 1 heterocycles. The number of furan rings is 1. The van der Waals surface area contributed by atoms with Crippen LogP contribution >= 0.6 is 0 Å². The first-order valence-corrected chi connectivity index (χ1v) is 7.48. The smallest absolute Gasteiger partial charge is 0.125 e. The maximum atomic E-state index is 5.98. The van der Waals surface area contributed by atoms with Crippen LogP contribution in [0.3, 0.4) is 0 Å². The fourth-order valence-corrected chi connectivity index (χ4v) is 2.96. The predicted molar refractivity (Wildman–Crippen MR) is 87.7 cm³/mol. The number of nitrogens with one attached hydrogen (secondary N) is 1. The third kappa shape index (κ3) is 2.47. The van der Waals surface area contributed by atoms with Gasteiger partial charge in [-0.3, -0.25) is 0 Å². The number of hydrogen-bond donors (Lipinski definition) is 1. The summed E-state index contributed by atoms with van der Waals surface area (Å²) in [6, 6.07) is 17.1. The third-order valence-electron chi connectivity index (χ3n) is 4.08. The molecule has 2 nitrogen and oxygen atoms in total. The lowest BCUT2D eigenvalue weighted by atomic mass is 9.93.